The highest BCUT2D eigenvalue weighted by molar-refractivity contribution is 5.79. The number of carbonyl (C=O) groups is 1. The van der Waals surface area contributed by atoms with Gasteiger partial charge < -0.3 is 4.90 Å². The molecular formula is C20H30N4O. The van der Waals surface area contributed by atoms with Crippen LogP contribution >= 0.6 is 0 Å². The van der Waals surface area contributed by atoms with Crippen LogP contribution < -0.4 is 10.9 Å². The van der Waals surface area contributed by atoms with Crippen molar-refractivity contribution in [3.05, 3.63) is 35.9 Å². The maximum atomic E-state index is 12.7. The fourth-order valence-corrected chi connectivity index (χ4v) is 4.54. The molecule has 1 saturated carbocycles. The zero-order chi connectivity index (χ0) is 17.1. The van der Waals surface area contributed by atoms with Gasteiger partial charge in [-0.1, -0.05) is 49.6 Å². The van der Waals surface area contributed by atoms with E-state index in [1.165, 1.54) is 24.8 Å². The van der Waals surface area contributed by atoms with Crippen molar-refractivity contribution in [3.63, 3.8) is 0 Å². The predicted octanol–water partition coefficient (Wildman–Crippen LogP) is 2.28. The van der Waals surface area contributed by atoms with E-state index in [2.05, 4.69) is 51.0 Å². The zero-order valence-corrected chi connectivity index (χ0v) is 15.0. The summed E-state index contributed by atoms with van der Waals surface area (Å²) in [5, 5.41) is 0. The van der Waals surface area contributed by atoms with Gasteiger partial charge in [0.1, 0.15) is 0 Å². The summed E-state index contributed by atoms with van der Waals surface area (Å²) in [6, 6.07) is 11.0. The Morgan fingerprint density at radius 2 is 1.64 bits per heavy atom. The van der Waals surface area contributed by atoms with Crippen LogP contribution in [0, 0.1) is 5.92 Å². The van der Waals surface area contributed by atoms with Crippen molar-refractivity contribution in [2.24, 2.45) is 5.92 Å². The van der Waals surface area contributed by atoms with Gasteiger partial charge in [0.2, 0.25) is 5.91 Å². The first-order valence-corrected chi connectivity index (χ1v) is 9.90. The molecule has 1 aromatic rings. The van der Waals surface area contributed by atoms with Crippen LogP contribution in [0.1, 0.15) is 50.1 Å². The minimum absolute atomic E-state index is 0.300. The Labute approximate surface area is 150 Å². The minimum Gasteiger partial charge on any atom is -0.340 e. The second kappa shape index (κ2) is 7.85. The number of hydrogen-bond donors (Lipinski definition) is 2. The van der Waals surface area contributed by atoms with Gasteiger partial charge >= 0.3 is 0 Å². The molecule has 2 N–H and O–H groups in total. The van der Waals surface area contributed by atoms with Crippen LogP contribution in [0.2, 0.25) is 0 Å². The van der Waals surface area contributed by atoms with E-state index in [4.69, 9.17) is 0 Å². The number of benzene rings is 1. The quantitative estimate of drug-likeness (QED) is 0.885. The molecule has 3 fully saturated rings. The lowest BCUT2D eigenvalue weighted by molar-refractivity contribution is -0.138. The fraction of sp³-hybridized carbons (Fsp3) is 0.650. The van der Waals surface area contributed by atoms with Crippen molar-refractivity contribution in [2.45, 2.75) is 50.7 Å². The van der Waals surface area contributed by atoms with Gasteiger partial charge in [-0.05, 0) is 24.8 Å². The molecule has 3 aliphatic rings. The molecule has 0 aromatic heterocycles. The highest BCUT2D eigenvalue weighted by Crippen LogP contribution is 2.27. The summed E-state index contributed by atoms with van der Waals surface area (Å²) in [6.07, 6.45) is 7.40. The average Bonchev–Trinajstić information content (AvgIpc) is 3.19. The maximum absolute atomic E-state index is 12.7. The van der Waals surface area contributed by atoms with E-state index in [1.54, 1.807) is 0 Å². The molecule has 4 rings (SSSR count). The Morgan fingerprint density at radius 1 is 0.920 bits per heavy atom. The second-order valence-corrected chi connectivity index (χ2v) is 7.70. The Morgan fingerprint density at radius 3 is 2.36 bits per heavy atom. The van der Waals surface area contributed by atoms with E-state index in [1.807, 2.05) is 0 Å². The molecule has 5 heteroatoms. The molecule has 2 atom stereocenters. The third-order valence-electron chi connectivity index (χ3n) is 6.11. The summed E-state index contributed by atoms with van der Waals surface area (Å²) in [5.74, 6) is 0.716. The maximum Gasteiger partial charge on any atom is 0.225 e. The van der Waals surface area contributed by atoms with Crippen LogP contribution in [0.15, 0.2) is 30.3 Å². The van der Waals surface area contributed by atoms with E-state index in [0.717, 1.165) is 45.4 Å². The fourth-order valence-electron chi connectivity index (χ4n) is 4.54. The zero-order valence-electron chi connectivity index (χ0n) is 15.0. The van der Waals surface area contributed by atoms with Gasteiger partial charge in [-0.15, -0.1) is 0 Å². The lowest BCUT2D eigenvalue weighted by Crippen LogP contribution is -2.56. The van der Waals surface area contributed by atoms with Gasteiger partial charge in [-0.25, -0.2) is 10.9 Å². The number of hydrazine groups is 1. The second-order valence-electron chi connectivity index (χ2n) is 7.70. The van der Waals surface area contributed by atoms with Gasteiger partial charge in [0, 0.05) is 38.1 Å². The van der Waals surface area contributed by atoms with E-state index < -0.39 is 0 Å². The number of amides is 1. The summed E-state index contributed by atoms with van der Waals surface area (Å²) in [7, 11) is 0. The Hall–Kier alpha value is -1.43. The van der Waals surface area contributed by atoms with Crippen LogP contribution in [-0.2, 0) is 4.79 Å². The summed E-state index contributed by atoms with van der Waals surface area (Å²) in [6.45, 7) is 3.70. The number of carbonyl (C=O) groups excluding carboxylic acids is 1. The number of nitrogens with one attached hydrogen (secondary N) is 2. The summed E-state index contributed by atoms with van der Waals surface area (Å²) in [5.41, 5.74) is 8.23. The van der Waals surface area contributed by atoms with Crippen molar-refractivity contribution in [2.75, 3.05) is 26.2 Å². The molecule has 0 radical (unpaired) electrons. The first kappa shape index (κ1) is 17.0. The molecule has 136 valence electrons. The molecule has 2 unspecified atom stereocenters. The first-order chi connectivity index (χ1) is 12.3. The largest absolute Gasteiger partial charge is 0.340 e. The van der Waals surface area contributed by atoms with E-state index in [-0.39, 0.29) is 0 Å². The number of piperazine rings is 1. The molecule has 5 nitrogen and oxygen atoms in total. The number of nitrogens with zero attached hydrogens (tertiary/aromatic N) is 2. The SMILES string of the molecule is O=C(C1CCCCC1)N1CCN(C2CC(c3ccccc3)NN2)CC1. The molecule has 2 saturated heterocycles. The lowest BCUT2D eigenvalue weighted by Gasteiger charge is -2.39. The van der Waals surface area contributed by atoms with Crippen LogP contribution in [-0.4, -0.2) is 48.1 Å². The number of rotatable bonds is 3. The standard InChI is InChI=1S/C20H30N4O/c25-20(17-9-5-2-6-10-17)24-13-11-23(12-14-24)19-15-18(21-22-19)16-7-3-1-4-8-16/h1,3-4,7-8,17-19,21-22H,2,5-6,9-15H2. The molecule has 0 spiro atoms. The monoisotopic (exact) mass is 342 g/mol. The highest BCUT2D eigenvalue weighted by atomic mass is 16.2. The van der Waals surface area contributed by atoms with Gasteiger partial charge in [0.05, 0.1) is 6.17 Å². The molecular weight excluding hydrogens is 312 g/mol. The van der Waals surface area contributed by atoms with Crippen molar-refractivity contribution in [1.29, 1.82) is 0 Å². The van der Waals surface area contributed by atoms with Crippen LogP contribution in [0.5, 0.6) is 0 Å². The van der Waals surface area contributed by atoms with E-state index >= 15 is 0 Å². The smallest absolute Gasteiger partial charge is 0.225 e. The topological polar surface area (TPSA) is 47.6 Å². The highest BCUT2D eigenvalue weighted by Gasteiger charge is 2.33. The normalized spacial score (nSPS) is 29.0. The molecule has 2 aliphatic heterocycles. The molecule has 2 heterocycles. The minimum atomic E-state index is 0.300. The summed E-state index contributed by atoms with van der Waals surface area (Å²) in [4.78, 5) is 17.3. The van der Waals surface area contributed by atoms with Crippen LogP contribution in [0.25, 0.3) is 0 Å². The third kappa shape index (κ3) is 3.89. The number of hydrogen-bond acceptors (Lipinski definition) is 4. The molecule has 1 aromatic carbocycles. The van der Waals surface area contributed by atoms with Gasteiger partial charge in [-0.2, -0.15) is 0 Å². The van der Waals surface area contributed by atoms with Gasteiger partial charge in [-0.3, -0.25) is 9.69 Å². The Balaban J connectivity index is 1.27. The van der Waals surface area contributed by atoms with E-state index in [9.17, 15) is 4.79 Å². The van der Waals surface area contributed by atoms with Crippen molar-refractivity contribution >= 4 is 5.91 Å². The molecule has 1 aliphatic carbocycles. The molecule has 1 amide bonds. The van der Waals surface area contributed by atoms with Crippen LogP contribution in [0.3, 0.4) is 0 Å². The van der Waals surface area contributed by atoms with Crippen LogP contribution in [0.4, 0.5) is 0 Å². The lowest BCUT2D eigenvalue weighted by atomic mass is 9.88. The van der Waals surface area contributed by atoms with E-state index in [0.29, 0.717) is 24.0 Å². The van der Waals surface area contributed by atoms with Gasteiger partial charge in [0.15, 0.2) is 0 Å². The van der Waals surface area contributed by atoms with Crippen molar-refractivity contribution in [1.82, 2.24) is 20.7 Å². The van der Waals surface area contributed by atoms with Crippen molar-refractivity contribution < 1.29 is 4.79 Å². The molecule has 0 bridgehead atoms. The summed E-state index contributed by atoms with van der Waals surface area (Å²) < 4.78 is 0. The Bertz CT molecular complexity index is 564. The predicted molar refractivity (Wildman–Crippen MR) is 98.6 cm³/mol. The van der Waals surface area contributed by atoms with Crippen molar-refractivity contribution in [3.8, 4) is 0 Å². The first-order valence-electron chi connectivity index (χ1n) is 9.90. The van der Waals surface area contributed by atoms with Gasteiger partial charge in [0.25, 0.3) is 0 Å². The molecule has 25 heavy (non-hydrogen) atoms. The average molecular weight is 342 g/mol. The summed E-state index contributed by atoms with van der Waals surface area (Å²) >= 11 is 0. The third-order valence-corrected chi connectivity index (χ3v) is 6.11. The Kier molecular flexibility index (Phi) is 5.34.